The van der Waals surface area contributed by atoms with Crippen LogP contribution in [0.1, 0.15) is 23.0 Å². The molecular formula is C15H16N2O4. The minimum Gasteiger partial charge on any atom is -0.481 e. The first-order valence-electron chi connectivity index (χ1n) is 6.45. The summed E-state index contributed by atoms with van der Waals surface area (Å²) in [5.74, 6) is -4.38. The number of aliphatic carboxylic acids is 2. The first kappa shape index (κ1) is 14.8. The van der Waals surface area contributed by atoms with E-state index in [0.29, 0.717) is 17.0 Å². The number of hydrogen-bond donors (Lipinski definition) is 2. The van der Waals surface area contributed by atoms with Crippen molar-refractivity contribution in [1.29, 1.82) is 0 Å². The van der Waals surface area contributed by atoms with Gasteiger partial charge < -0.3 is 10.2 Å². The summed E-state index contributed by atoms with van der Waals surface area (Å²) < 4.78 is 1.47. The van der Waals surface area contributed by atoms with Crippen molar-refractivity contribution in [3.63, 3.8) is 0 Å². The van der Waals surface area contributed by atoms with Gasteiger partial charge in [0.2, 0.25) is 0 Å². The number of carbonyl (C=O) groups is 2. The van der Waals surface area contributed by atoms with Gasteiger partial charge >= 0.3 is 11.9 Å². The Morgan fingerprint density at radius 3 is 2.10 bits per heavy atom. The van der Waals surface area contributed by atoms with Crippen LogP contribution < -0.4 is 0 Å². The molecule has 1 aromatic carbocycles. The molecule has 0 bridgehead atoms. The van der Waals surface area contributed by atoms with Gasteiger partial charge in [0.15, 0.2) is 5.92 Å². The molecule has 0 aliphatic rings. The molecule has 2 rings (SSSR count). The van der Waals surface area contributed by atoms with Crippen LogP contribution >= 0.6 is 0 Å². The number of benzene rings is 1. The summed E-state index contributed by atoms with van der Waals surface area (Å²) in [4.78, 5) is 22.9. The molecule has 1 heterocycles. The maximum atomic E-state index is 11.4. The molecule has 1 unspecified atom stereocenters. The smallest absolute Gasteiger partial charge is 0.320 e. The van der Waals surface area contributed by atoms with Gasteiger partial charge in [0.1, 0.15) is 6.04 Å². The number of nitrogens with zero attached hydrogens (tertiary/aromatic N) is 2. The van der Waals surface area contributed by atoms with E-state index < -0.39 is 23.9 Å². The molecule has 0 saturated carbocycles. The van der Waals surface area contributed by atoms with Gasteiger partial charge in [-0.05, 0) is 25.5 Å². The summed E-state index contributed by atoms with van der Waals surface area (Å²) in [6.07, 6.45) is 0. The highest BCUT2D eigenvalue weighted by Gasteiger charge is 2.38. The standard InChI is InChI=1S/C15H16N2O4/c1-9-8-10(2)17(16-9)13(11-6-4-3-5-7-11)12(14(18)19)15(20)21/h3-8,12-13H,1-2H3,(H,18,19)(H,20,21). The van der Waals surface area contributed by atoms with Gasteiger partial charge in [0, 0.05) is 5.69 Å². The fourth-order valence-corrected chi connectivity index (χ4v) is 2.43. The fraction of sp³-hybridized carbons (Fsp3) is 0.267. The van der Waals surface area contributed by atoms with Gasteiger partial charge in [-0.2, -0.15) is 5.10 Å². The maximum absolute atomic E-state index is 11.4. The maximum Gasteiger partial charge on any atom is 0.320 e. The average molecular weight is 288 g/mol. The Bertz CT molecular complexity index is 650. The molecule has 0 saturated heterocycles. The van der Waals surface area contributed by atoms with E-state index in [4.69, 9.17) is 0 Å². The second-order valence-corrected chi connectivity index (χ2v) is 4.88. The third-order valence-electron chi connectivity index (χ3n) is 3.30. The molecule has 6 nitrogen and oxygen atoms in total. The summed E-state index contributed by atoms with van der Waals surface area (Å²) in [6.45, 7) is 3.55. The Hall–Kier alpha value is -2.63. The normalized spacial score (nSPS) is 12.3. The number of rotatable bonds is 5. The van der Waals surface area contributed by atoms with Crippen LogP contribution in [0.5, 0.6) is 0 Å². The van der Waals surface area contributed by atoms with Gasteiger partial charge in [0.05, 0.1) is 5.69 Å². The van der Waals surface area contributed by atoms with Gasteiger partial charge in [-0.1, -0.05) is 30.3 Å². The predicted molar refractivity (Wildman–Crippen MR) is 75.0 cm³/mol. The molecule has 0 fully saturated rings. The summed E-state index contributed by atoms with van der Waals surface area (Å²) in [5, 5.41) is 22.9. The topological polar surface area (TPSA) is 92.4 Å². The van der Waals surface area contributed by atoms with Gasteiger partial charge in [-0.3, -0.25) is 14.3 Å². The van der Waals surface area contributed by atoms with Crippen LogP contribution in [-0.4, -0.2) is 31.9 Å². The average Bonchev–Trinajstić information content (AvgIpc) is 2.74. The van der Waals surface area contributed by atoms with Crippen molar-refractivity contribution < 1.29 is 19.8 Å². The number of aromatic nitrogens is 2. The van der Waals surface area contributed by atoms with Crippen LogP contribution in [-0.2, 0) is 9.59 Å². The lowest BCUT2D eigenvalue weighted by molar-refractivity contribution is -0.156. The van der Waals surface area contributed by atoms with Crippen LogP contribution in [0.2, 0.25) is 0 Å². The minimum absolute atomic E-state index is 0.596. The highest BCUT2D eigenvalue weighted by Crippen LogP contribution is 2.28. The molecule has 110 valence electrons. The van der Waals surface area contributed by atoms with Crippen molar-refractivity contribution in [3.8, 4) is 0 Å². The molecule has 0 spiro atoms. The van der Waals surface area contributed by atoms with Crippen molar-refractivity contribution >= 4 is 11.9 Å². The summed E-state index contributed by atoms with van der Waals surface area (Å²) >= 11 is 0. The molecule has 2 aromatic rings. The molecular weight excluding hydrogens is 272 g/mol. The monoisotopic (exact) mass is 288 g/mol. The van der Waals surface area contributed by atoms with Crippen LogP contribution in [0.25, 0.3) is 0 Å². The van der Waals surface area contributed by atoms with E-state index >= 15 is 0 Å². The molecule has 21 heavy (non-hydrogen) atoms. The summed E-state index contributed by atoms with van der Waals surface area (Å²) in [7, 11) is 0. The predicted octanol–water partition coefficient (Wildman–Crippen LogP) is 1.87. The van der Waals surface area contributed by atoms with E-state index in [-0.39, 0.29) is 0 Å². The zero-order valence-electron chi connectivity index (χ0n) is 11.7. The zero-order valence-corrected chi connectivity index (χ0v) is 11.7. The Labute approximate surface area is 121 Å². The first-order chi connectivity index (χ1) is 9.91. The van der Waals surface area contributed by atoms with Crippen molar-refractivity contribution in [2.75, 3.05) is 0 Å². The van der Waals surface area contributed by atoms with Crippen molar-refractivity contribution in [2.24, 2.45) is 5.92 Å². The fourth-order valence-electron chi connectivity index (χ4n) is 2.43. The molecule has 0 amide bonds. The molecule has 0 radical (unpaired) electrons. The summed E-state index contributed by atoms with van der Waals surface area (Å²) in [6, 6.07) is 9.59. The van der Waals surface area contributed by atoms with Crippen molar-refractivity contribution in [3.05, 3.63) is 53.3 Å². The zero-order chi connectivity index (χ0) is 15.6. The Morgan fingerprint density at radius 1 is 1.10 bits per heavy atom. The Kier molecular flexibility index (Phi) is 4.07. The Balaban J connectivity index is 2.62. The number of carboxylic acid groups (broad SMARTS) is 2. The van der Waals surface area contributed by atoms with E-state index in [1.54, 1.807) is 50.2 Å². The molecule has 1 atom stereocenters. The lowest BCUT2D eigenvalue weighted by Gasteiger charge is -2.23. The van der Waals surface area contributed by atoms with Crippen molar-refractivity contribution in [1.82, 2.24) is 9.78 Å². The van der Waals surface area contributed by atoms with Gasteiger partial charge in [-0.25, -0.2) is 0 Å². The van der Waals surface area contributed by atoms with E-state index in [0.717, 1.165) is 0 Å². The third kappa shape index (κ3) is 2.94. The first-order valence-corrected chi connectivity index (χ1v) is 6.45. The largest absolute Gasteiger partial charge is 0.481 e. The van der Waals surface area contributed by atoms with Crippen LogP contribution in [0.4, 0.5) is 0 Å². The van der Waals surface area contributed by atoms with E-state index in [1.165, 1.54) is 4.68 Å². The SMILES string of the molecule is Cc1cc(C)n(C(c2ccccc2)C(C(=O)O)C(=O)O)n1. The summed E-state index contributed by atoms with van der Waals surface area (Å²) in [5.41, 5.74) is 2.02. The minimum atomic E-state index is -1.61. The van der Waals surface area contributed by atoms with E-state index in [1.807, 2.05) is 0 Å². The molecule has 0 aliphatic heterocycles. The molecule has 6 heteroatoms. The van der Waals surface area contributed by atoms with Gasteiger partial charge in [0.25, 0.3) is 0 Å². The lowest BCUT2D eigenvalue weighted by Crippen LogP contribution is -2.34. The van der Waals surface area contributed by atoms with Gasteiger partial charge in [-0.15, -0.1) is 0 Å². The molecule has 1 aromatic heterocycles. The second-order valence-electron chi connectivity index (χ2n) is 4.88. The molecule has 0 aliphatic carbocycles. The van der Waals surface area contributed by atoms with Crippen LogP contribution in [0.15, 0.2) is 36.4 Å². The third-order valence-corrected chi connectivity index (χ3v) is 3.30. The number of hydrogen-bond acceptors (Lipinski definition) is 3. The van der Waals surface area contributed by atoms with Crippen molar-refractivity contribution in [2.45, 2.75) is 19.9 Å². The Morgan fingerprint density at radius 2 is 1.67 bits per heavy atom. The number of carboxylic acids is 2. The van der Waals surface area contributed by atoms with Crippen LogP contribution in [0, 0.1) is 19.8 Å². The quantitative estimate of drug-likeness (QED) is 0.819. The lowest BCUT2D eigenvalue weighted by atomic mass is 9.93. The molecule has 2 N–H and O–H groups in total. The van der Waals surface area contributed by atoms with E-state index in [9.17, 15) is 19.8 Å². The number of aryl methyl sites for hydroxylation is 2. The highest BCUT2D eigenvalue weighted by molar-refractivity contribution is 5.94. The second kappa shape index (κ2) is 5.78. The highest BCUT2D eigenvalue weighted by atomic mass is 16.4. The van der Waals surface area contributed by atoms with E-state index in [2.05, 4.69) is 5.10 Å². The van der Waals surface area contributed by atoms with Crippen LogP contribution in [0.3, 0.4) is 0 Å².